The zero-order valence-corrected chi connectivity index (χ0v) is 15.2. The van der Waals surface area contributed by atoms with E-state index in [0.717, 1.165) is 24.7 Å². The Labute approximate surface area is 141 Å². The van der Waals surface area contributed by atoms with E-state index in [2.05, 4.69) is 27.0 Å². The third kappa shape index (κ3) is 7.94. The maximum atomic E-state index is 13.2. The predicted octanol–water partition coefficient (Wildman–Crippen LogP) is 7.54. The van der Waals surface area contributed by atoms with Gasteiger partial charge in [-0.2, -0.15) is 0 Å². The van der Waals surface area contributed by atoms with Gasteiger partial charge in [0.2, 0.25) is 0 Å². The molecule has 0 aromatic carbocycles. The van der Waals surface area contributed by atoms with Gasteiger partial charge in [-0.05, 0) is 41.7 Å². The smallest absolute Gasteiger partial charge is 0.158 e. The maximum absolute atomic E-state index is 13.2. The van der Waals surface area contributed by atoms with Gasteiger partial charge in [-0.15, -0.1) is 0 Å². The summed E-state index contributed by atoms with van der Waals surface area (Å²) in [5, 5.41) is 0. The lowest BCUT2D eigenvalue weighted by Crippen LogP contribution is -2.13. The van der Waals surface area contributed by atoms with E-state index in [1.807, 2.05) is 6.92 Å². The Morgan fingerprint density at radius 3 is 2.22 bits per heavy atom. The monoisotopic (exact) mass is 324 g/mol. The molecule has 23 heavy (non-hydrogen) atoms. The van der Waals surface area contributed by atoms with E-state index in [0.29, 0.717) is 11.5 Å². The van der Waals surface area contributed by atoms with Crippen molar-refractivity contribution >= 4 is 0 Å². The van der Waals surface area contributed by atoms with Gasteiger partial charge in [0.05, 0.1) is 0 Å². The Balaban J connectivity index is 2.24. The largest absolute Gasteiger partial charge is 0.204 e. The summed E-state index contributed by atoms with van der Waals surface area (Å²) < 4.78 is 25.9. The summed E-state index contributed by atoms with van der Waals surface area (Å²) in [7, 11) is 0. The third-order valence-electron chi connectivity index (χ3n) is 5.50. The van der Waals surface area contributed by atoms with Crippen LogP contribution in [0.5, 0.6) is 0 Å². The Morgan fingerprint density at radius 2 is 1.65 bits per heavy atom. The highest BCUT2D eigenvalue weighted by Crippen LogP contribution is 2.33. The lowest BCUT2D eigenvalue weighted by atomic mass is 9.79. The Bertz CT molecular complexity index is 414. The normalized spacial score (nSPS) is 25.0. The van der Waals surface area contributed by atoms with Gasteiger partial charge in [0, 0.05) is 0 Å². The van der Waals surface area contributed by atoms with Crippen LogP contribution in [0.15, 0.2) is 36.5 Å². The van der Waals surface area contributed by atoms with Crippen molar-refractivity contribution in [2.75, 3.05) is 0 Å². The summed E-state index contributed by atoms with van der Waals surface area (Å²) in [5.41, 5.74) is 0.648. The maximum Gasteiger partial charge on any atom is 0.158 e. The van der Waals surface area contributed by atoms with Crippen molar-refractivity contribution in [2.24, 2.45) is 23.7 Å². The van der Waals surface area contributed by atoms with Crippen LogP contribution in [0.1, 0.15) is 72.1 Å². The average molecular weight is 324 g/mol. The fourth-order valence-electron chi connectivity index (χ4n) is 3.39. The van der Waals surface area contributed by atoms with Gasteiger partial charge in [-0.1, -0.05) is 78.9 Å². The summed E-state index contributed by atoms with van der Waals surface area (Å²) in [6.45, 7) is 13.5. The molecule has 132 valence electrons. The fraction of sp³-hybridized carbons (Fsp3) is 0.714. The zero-order valence-electron chi connectivity index (χ0n) is 15.2. The highest BCUT2D eigenvalue weighted by Gasteiger charge is 2.19. The van der Waals surface area contributed by atoms with E-state index in [1.165, 1.54) is 44.6 Å². The van der Waals surface area contributed by atoms with Crippen molar-refractivity contribution in [1.29, 1.82) is 0 Å². The van der Waals surface area contributed by atoms with Crippen LogP contribution in [0, 0.1) is 23.7 Å². The van der Waals surface area contributed by atoms with Crippen molar-refractivity contribution in [1.82, 2.24) is 0 Å². The first-order chi connectivity index (χ1) is 10.8. The summed E-state index contributed by atoms with van der Waals surface area (Å²) >= 11 is 0. The third-order valence-corrected chi connectivity index (χ3v) is 5.50. The van der Waals surface area contributed by atoms with Crippen LogP contribution < -0.4 is 0 Å². The molecule has 0 aromatic heterocycles. The molecule has 0 spiro atoms. The van der Waals surface area contributed by atoms with Crippen LogP contribution in [-0.4, -0.2) is 0 Å². The fourth-order valence-corrected chi connectivity index (χ4v) is 3.39. The first-order valence-electron chi connectivity index (χ1n) is 9.20. The molecule has 0 bridgehead atoms. The van der Waals surface area contributed by atoms with Crippen molar-refractivity contribution < 1.29 is 8.78 Å². The molecule has 2 atom stereocenters. The second kappa shape index (κ2) is 10.1. The Morgan fingerprint density at radius 1 is 1.04 bits per heavy atom. The zero-order chi connectivity index (χ0) is 17.4. The second-order valence-electron chi connectivity index (χ2n) is 7.76. The minimum Gasteiger partial charge on any atom is -0.204 e. The molecule has 0 aliphatic heterocycles. The number of hydrogen-bond donors (Lipinski definition) is 0. The quantitative estimate of drug-likeness (QED) is 0.384. The highest BCUT2D eigenvalue weighted by molar-refractivity contribution is 5.27. The highest BCUT2D eigenvalue weighted by atomic mass is 19.2. The molecule has 2 unspecified atom stereocenters. The molecular formula is C21H34F2. The molecule has 1 aliphatic rings. The lowest BCUT2D eigenvalue weighted by molar-refractivity contribution is 0.259. The van der Waals surface area contributed by atoms with E-state index in [1.54, 1.807) is 0 Å². The van der Waals surface area contributed by atoms with Gasteiger partial charge >= 0.3 is 0 Å². The number of hydrogen-bond acceptors (Lipinski definition) is 0. The topological polar surface area (TPSA) is 0 Å². The van der Waals surface area contributed by atoms with E-state index >= 15 is 0 Å². The van der Waals surface area contributed by atoms with E-state index in [9.17, 15) is 8.78 Å². The molecule has 0 saturated heterocycles. The molecule has 1 saturated carbocycles. The predicted molar refractivity (Wildman–Crippen MR) is 96.5 cm³/mol. The number of allylic oxidation sites excluding steroid dienone is 4. The molecule has 1 fully saturated rings. The van der Waals surface area contributed by atoms with Crippen LogP contribution in [0.2, 0.25) is 0 Å². The summed E-state index contributed by atoms with van der Waals surface area (Å²) in [6, 6.07) is 0. The molecule has 0 heterocycles. The van der Waals surface area contributed by atoms with Crippen molar-refractivity contribution in [3.63, 3.8) is 0 Å². The van der Waals surface area contributed by atoms with E-state index < -0.39 is 11.7 Å². The van der Waals surface area contributed by atoms with Crippen molar-refractivity contribution in [3.05, 3.63) is 36.5 Å². The van der Waals surface area contributed by atoms with Crippen molar-refractivity contribution in [2.45, 2.75) is 72.1 Å². The molecular weight excluding hydrogens is 290 g/mol. The minimum atomic E-state index is -1.02. The molecule has 0 amide bonds. The number of halogens is 2. The molecule has 0 nitrogen and oxygen atoms in total. The number of rotatable bonds is 9. The Hall–Kier alpha value is -0.920. The van der Waals surface area contributed by atoms with Crippen LogP contribution in [0.4, 0.5) is 8.78 Å². The van der Waals surface area contributed by atoms with Gasteiger partial charge in [-0.3, -0.25) is 0 Å². The molecule has 1 rings (SSSR count). The summed E-state index contributed by atoms with van der Waals surface area (Å²) in [6.07, 6.45) is 11.5. The SMILES string of the molecule is C=C(F)/C(F)=C\C(=C)C(C)CCC(C)CCC1CCC(C)CC1. The first-order valence-corrected chi connectivity index (χ1v) is 9.20. The van der Waals surface area contributed by atoms with Gasteiger partial charge in [0.15, 0.2) is 11.7 Å². The van der Waals surface area contributed by atoms with E-state index in [-0.39, 0.29) is 5.92 Å². The molecule has 0 radical (unpaired) electrons. The van der Waals surface area contributed by atoms with Gasteiger partial charge in [0.1, 0.15) is 0 Å². The van der Waals surface area contributed by atoms with Gasteiger partial charge < -0.3 is 0 Å². The van der Waals surface area contributed by atoms with Gasteiger partial charge in [-0.25, -0.2) is 8.78 Å². The molecule has 0 aromatic rings. The van der Waals surface area contributed by atoms with Crippen LogP contribution in [-0.2, 0) is 0 Å². The minimum absolute atomic E-state index is 0.179. The van der Waals surface area contributed by atoms with E-state index in [4.69, 9.17) is 0 Å². The summed E-state index contributed by atoms with van der Waals surface area (Å²) in [4.78, 5) is 0. The average Bonchev–Trinajstić information content (AvgIpc) is 2.51. The molecule has 2 heteroatoms. The Kier molecular flexibility index (Phi) is 8.79. The summed E-state index contributed by atoms with van der Waals surface area (Å²) in [5.74, 6) is 0.792. The second-order valence-corrected chi connectivity index (χ2v) is 7.76. The van der Waals surface area contributed by atoms with Crippen LogP contribution in [0.3, 0.4) is 0 Å². The van der Waals surface area contributed by atoms with Crippen LogP contribution in [0.25, 0.3) is 0 Å². The molecule has 1 aliphatic carbocycles. The van der Waals surface area contributed by atoms with Crippen LogP contribution >= 0.6 is 0 Å². The van der Waals surface area contributed by atoms with Crippen molar-refractivity contribution in [3.8, 4) is 0 Å². The lowest BCUT2D eigenvalue weighted by Gasteiger charge is -2.27. The first kappa shape index (κ1) is 20.1. The molecule has 0 N–H and O–H groups in total. The van der Waals surface area contributed by atoms with Gasteiger partial charge in [0.25, 0.3) is 0 Å². The standard InChI is InChI=1S/C21H34F2/c1-15(7-11-20-12-8-16(2)9-13-20)6-10-17(3)18(4)14-21(23)19(5)22/h14-17,20H,4-13H2,1-3H3/b21-14+.